The molecule has 33 heavy (non-hydrogen) atoms. The number of aryl methyl sites for hydroxylation is 1. The van der Waals surface area contributed by atoms with Gasteiger partial charge < -0.3 is 0 Å². The number of allylic oxidation sites excluding steroid dienone is 4. The summed E-state index contributed by atoms with van der Waals surface area (Å²) in [5.41, 5.74) is 8.28. The predicted octanol–water partition coefficient (Wildman–Crippen LogP) is 10.4. The zero-order valence-corrected chi connectivity index (χ0v) is 24.4. The van der Waals surface area contributed by atoms with Crippen LogP contribution in [0, 0.1) is 28.2 Å². The van der Waals surface area contributed by atoms with E-state index < -0.39 is 0 Å². The fraction of sp³-hybridized carbons (Fsp3) is 0.500. The Kier molecular flexibility index (Phi) is 11.4. The maximum Gasteiger partial charge on any atom is 0.0165 e. The standard InChI is InChI=1S/C32H45I/c1-9-24(5)27(8)28(10-2)20-26(7)30-17-18-32(33)31(21-30)19-23(4)11-14-25(6)29-15-12-22(3)13-16-29/h11-18,21,24,26-28H,9-10,19-20H2,1-8H3/b23-11+,25-14+/t24-,26-,27-,28-/m1/s1. The number of halogens is 1. The van der Waals surface area contributed by atoms with E-state index >= 15 is 0 Å². The van der Waals surface area contributed by atoms with Gasteiger partial charge in [0, 0.05) is 3.57 Å². The minimum Gasteiger partial charge on any atom is -0.0689 e. The first-order valence-electron chi connectivity index (χ1n) is 12.9. The Hall–Kier alpha value is -1.35. The van der Waals surface area contributed by atoms with Gasteiger partial charge in [0.15, 0.2) is 0 Å². The third-order valence-corrected chi connectivity index (χ3v) is 8.75. The highest BCUT2D eigenvalue weighted by Gasteiger charge is 2.23. The monoisotopic (exact) mass is 556 g/mol. The van der Waals surface area contributed by atoms with Gasteiger partial charge in [-0.05, 0) is 108 Å². The third-order valence-electron chi connectivity index (χ3n) is 7.70. The zero-order chi connectivity index (χ0) is 24.5. The van der Waals surface area contributed by atoms with Crippen LogP contribution in [0.5, 0.6) is 0 Å². The first-order chi connectivity index (χ1) is 15.7. The van der Waals surface area contributed by atoms with E-state index in [4.69, 9.17) is 0 Å². The molecule has 2 aromatic carbocycles. The Labute approximate surface area is 218 Å². The second-order valence-corrected chi connectivity index (χ2v) is 11.5. The van der Waals surface area contributed by atoms with Crippen molar-refractivity contribution in [3.8, 4) is 0 Å². The summed E-state index contributed by atoms with van der Waals surface area (Å²) in [6.07, 6.45) is 9.42. The maximum atomic E-state index is 2.50. The van der Waals surface area contributed by atoms with Crippen molar-refractivity contribution in [1.29, 1.82) is 0 Å². The van der Waals surface area contributed by atoms with Crippen molar-refractivity contribution >= 4 is 28.2 Å². The van der Waals surface area contributed by atoms with Gasteiger partial charge in [-0.3, -0.25) is 0 Å². The predicted molar refractivity (Wildman–Crippen MR) is 157 cm³/mol. The minimum absolute atomic E-state index is 0.602. The van der Waals surface area contributed by atoms with E-state index in [1.165, 1.54) is 56.2 Å². The molecule has 0 radical (unpaired) electrons. The van der Waals surface area contributed by atoms with Crippen molar-refractivity contribution in [2.45, 2.75) is 87.0 Å². The highest BCUT2D eigenvalue weighted by molar-refractivity contribution is 14.1. The van der Waals surface area contributed by atoms with Gasteiger partial charge in [-0.25, -0.2) is 0 Å². The second kappa shape index (κ2) is 13.5. The molecule has 0 amide bonds. The van der Waals surface area contributed by atoms with Crippen LogP contribution >= 0.6 is 22.6 Å². The van der Waals surface area contributed by atoms with Gasteiger partial charge in [0.05, 0.1) is 0 Å². The third kappa shape index (κ3) is 8.42. The van der Waals surface area contributed by atoms with Crippen molar-refractivity contribution in [1.82, 2.24) is 0 Å². The molecule has 0 aliphatic carbocycles. The molecule has 0 aromatic heterocycles. The Balaban J connectivity index is 2.13. The summed E-state index contributed by atoms with van der Waals surface area (Å²) in [5.74, 6) is 3.00. The summed E-state index contributed by atoms with van der Waals surface area (Å²) < 4.78 is 1.37. The van der Waals surface area contributed by atoms with Gasteiger partial charge in [0.2, 0.25) is 0 Å². The van der Waals surface area contributed by atoms with Crippen LogP contribution in [-0.2, 0) is 6.42 Å². The summed E-state index contributed by atoms with van der Waals surface area (Å²) in [6, 6.07) is 15.9. The smallest absolute Gasteiger partial charge is 0.0165 e. The topological polar surface area (TPSA) is 0 Å². The van der Waals surface area contributed by atoms with E-state index in [9.17, 15) is 0 Å². The maximum absolute atomic E-state index is 2.50. The van der Waals surface area contributed by atoms with Gasteiger partial charge in [0.1, 0.15) is 0 Å². The molecule has 180 valence electrons. The molecule has 0 aliphatic heterocycles. The molecule has 2 aromatic rings. The Bertz CT molecular complexity index is 931. The van der Waals surface area contributed by atoms with E-state index in [0.717, 1.165) is 24.2 Å². The lowest BCUT2D eigenvalue weighted by Gasteiger charge is -2.30. The van der Waals surface area contributed by atoms with Crippen LogP contribution in [0.4, 0.5) is 0 Å². The van der Waals surface area contributed by atoms with E-state index in [1.54, 1.807) is 0 Å². The van der Waals surface area contributed by atoms with Crippen LogP contribution < -0.4 is 0 Å². The molecule has 0 spiro atoms. The molecule has 0 aliphatic rings. The van der Waals surface area contributed by atoms with Crippen LogP contribution in [-0.4, -0.2) is 0 Å². The highest BCUT2D eigenvalue weighted by atomic mass is 127. The molecule has 1 heteroatoms. The van der Waals surface area contributed by atoms with Crippen molar-refractivity contribution in [2.24, 2.45) is 17.8 Å². The van der Waals surface area contributed by atoms with Gasteiger partial charge in [-0.1, -0.05) is 107 Å². The number of rotatable bonds is 11. The summed E-state index contributed by atoms with van der Waals surface area (Å²) >= 11 is 2.50. The van der Waals surface area contributed by atoms with Crippen molar-refractivity contribution < 1.29 is 0 Å². The Morgan fingerprint density at radius 1 is 0.909 bits per heavy atom. The molecule has 2 rings (SSSR count). The fourth-order valence-electron chi connectivity index (χ4n) is 4.76. The van der Waals surface area contributed by atoms with E-state index in [0.29, 0.717) is 5.92 Å². The van der Waals surface area contributed by atoms with Crippen molar-refractivity contribution in [3.63, 3.8) is 0 Å². The van der Waals surface area contributed by atoms with Crippen molar-refractivity contribution in [2.75, 3.05) is 0 Å². The molecule has 0 heterocycles. The summed E-state index contributed by atoms with van der Waals surface area (Å²) in [7, 11) is 0. The first-order valence-corrected chi connectivity index (χ1v) is 13.9. The molecule has 0 saturated heterocycles. The van der Waals surface area contributed by atoms with Gasteiger partial charge in [0.25, 0.3) is 0 Å². The molecule has 0 unspecified atom stereocenters. The molecule has 0 bridgehead atoms. The van der Waals surface area contributed by atoms with Crippen LogP contribution in [0.25, 0.3) is 5.57 Å². The molecule has 4 atom stereocenters. The van der Waals surface area contributed by atoms with E-state index in [1.807, 2.05) is 0 Å². The largest absolute Gasteiger partial charge is 0.0689 e. The average molecular weight is 557 g/mol. The SMILES string of the molecule is CC[C@H](C[C@@H](C)c1ccc(I)c(C/C(C)=C/C=C(\C)c2ccc(C)cc2)c1)[C@H](C)[C@H](C)CC. The normalized spacial score (nSPS) is 16.4. The molecule has 0 saturated carbocycles. The quantitative estimate of drug-likeness (QED) is 0.191. The molecule has 0 nitrogen and oxygen atoms in total. The zero-order valence-electron chi connectivity index (χ0n) is 22.2. The second-order valence-electron chi connectivity index (χ2n) is 10.3. The lowest BCUT2D eigenvalue weighted by Crippen LogP contribution is -2.20. The fourth-order valence-corrected chi connectivity index (χ4v) is 5.28. The highest BCUT2D eigenvalue weighted by Crippen LogP contribution is 2.35. The number of hydrogen-bond donors (Lipinski definition) is 0. The first kappa shape index (κ1) is 27.9. The van der Waals surface area contributed by atoms with Crippen molar-refractivity contribution in [3.05, 3.63) is 86.0 Å². The van der Waals surface area contributed by atoms with Gasteiger partial charge in [-0.2, -0.15) is 0 Å². The minimum atomic E-state index is 0.602. The summed E-state index contributed by atoms with van der Waals surface area (Å²) in [5, 5.41) is 0. The van der Waals surface area contributed by atoms with Gasteiger partial charge >= 0.3 is 0 Å². The summed E-state index contributed by atoms with van der Waals surface area (Å²) in [6.45, 7) is 18.6. The molecular formula is C32H45I. The van der Waals surface area contributed by atoms with Gasteiger partial charge in [-0.15, -0.1) is 0 Å². The lowest BCUT2D eigenvalue weighted by molar-refractivity contribution is 0.227. The lowest BCUT2D eigenvalue weighted by atomic mass is 9.76. The van der Waals surface area contributed by atoms with Crippen LogP contribution in [0.15, 0.2) is 60.2 Å². The van der Waals surface area contributed by atoms with E-state index in [2.05, 4.69) is 133 Å². The number of benzene rings is 2. The van der Waals surface area contributed by atoms with E-state index in [-0.39, 0.29) is 0 Å². The van der Waals surface area contributed by atoms with Crippen LogP contribution in [0.1, 0.15) is 95.9 Å². The molecule has 0 fully saturated rings. The Morgan fingerprint density at radius 3 is 2.18 bits per heavy atom. The summed E-state index contributed by atoms with van der Waals surface area (Å²) in [4.78, 5) is 0. The molecule has 0 N–H and O–H groups in total. The molecular weight excluding hydrogens is 511 g/mol. The van der Waals surface area contributed by atoms with Crippen LogP contribution in [0.2, 0.25) is 0 Å². The number of hydrogen-bond acceptors (Lipinski definition) is 0. The Morgan fingerprint density at radius 2 is 1.58 bits per heavy atom. The average Bonchev–Trinajstić information content (AvgIpc) is 2.81. The van der Waals surface area contributed by atoms with Crippen LogP contribution in [0.3, 0.4) is 0 Å².